The number of carbonyl (C=O) groups excluding carboxylic acids is 1. The second-order valence-corrected chi connectivity index (χ2v) is 8.29. The molecule has 1 heterocycles. The number of benzene rings is 3. The van der Waals surface area contributed by atoms with E-state index in [1.165, 1.54) is 24.3 Å². The van der Waals surface area contributed by atoms with E-state index in [2.05, 4.69) is 25.3 Å². The summed E-state index contributed by atoms with van der Waals surface area (Å²) in [6, 6.07) is 13.5. The van der Waals surface area contributed by atoms with Crippen molar-refractivity contribution in [1.82, 2.24) is 9.97 Å². The van der Waals surface area contributed by atoms with Gasteiger partial charge in [-0.3, -0.25) is 4.79 Å². The molecule has 0 aliphatic heterocycles. The minimum absolute atomic E-state index is 0.0469. The lowest BCUT2D eigenvalue weighted by molar-refractivity contribution is -0.274. The summed E-state index contributed by atoms with van der Waals surface area (Å²) in [7, 11) is 0. The maximum Gasteiger partial charge on any atom is 0.573 e. The normalized spacial score (nSPS) is 11.2. The van der Waals surface area contributed by atoms with E-state index in [-0.39, 0.29) is 34.3 Å². The summed E-state index contributed by atoms with van der Waals surface area (Å²) < 4.78 is 70.1. The second-order valence-electron chi connectivity index (χ2n) is 8.02. The van der Waals surface area contributed by atoms with Crippen molar-refractivity contribution in [3.63, 3.8) is 0 Å². The first-order valence-electron chi connectivity index (χ1n) is 10.9. The van der Waals surface area contributed by atoms with Crippen LogP contribution in [0.5, 0.6) is 5.75 Å². The highest BCUT2D eigenvalue weighted by Gasteiger charge is 2.31. The van der Waals surface area contributed by atoms with E-state index in [1.807, 2.05) is 19.1 Å². The van der Waals surface area contributed by atoms with E-state index < -0.39 is 29.7 Å². The molecule has 0 spiro atoms. The number of carbonyl (C=O) groups is 1. The number of nitrogens with zero attached hydrogens (tertiary/aromatic N) is 2. The van der Waals surface area contributed by atoms with Crippen molar-refractivity contribution in [2.75, 3.05) is 10.6 Å². The first-order chi connectivity index (χ1) is 18.0. The van der Waals surface area contributed by atoms with E-state index in [9.17, 15) is 26.7 Å². The molecule has 0 aliphatic carbocycles. The predicted octanol–water partition coefficient (Wildman–Crippen LogP) is 7.36. The van der Waals surface area contributed by atoms with Crippen LogP contribution in [0, 0.1) is 18.6 Å². The molecule has 0 aliphatic rings. The zero-order valence-corrected chi connectivity index (χ0v) is 20.3. The van der Waals surface area contributed by atoms with E-state index >= 15 is 0 Å². The maximum absolute atomic E-state index is 14.8. The lowest BCUT2D eigenvalue weighted by atomic mass is 10.1. The van der Waals surface area contributed by atoms with Crippen LogP contribution in [-0.2, 0) is 5.88 Å². The average Bonchev–Trinajstić information content (AvgIpc) is 2.87. The van der Waals surface area contributed by atoms with Crippen LogP contribution >= 0.6 is 11.6 Å². The van der Waals surface area contributed by atoms with Crippen LogP contribution in [0.25, 0.3) is 11.3 Å². The Bertz CT molecular complexity index is 1480. The van der Waals surface area contributed by atoms with Gasteiger partial charge in [0.25, 0.3) is 5.91 Å². The van der Waals surface area contributed by atoms with E-state index in [1.54, 1.807) is 6.07 Å². The largest absolute Gasteiger partial charge is 0.573 e. The monoisotopic (exact) mass is 548 g/mol. The van der Waals surface area contributed by atoms with Gasteiger partial charge in [0.2, 0.25) is 5.95 Å². The number of anilines is 3. The van der Waals surface area contributed by atoms with Gasteiger partial charge in [-0.1, -0.05) is 12.1 Å². The zero-order valence-electron chi connectivity index (χ0n) is 19.5. The third-order valence-electron chi connectivity index (χ3n) is 5.29. The lowest BCUT2D eigenvalue weighted by Crippen LogP contribution is -2.16. The van der Waals surface area contributed by atoms with Crippen LogP contribution in [0.4, 0.5) is 39.3 Å². The number of ether oxygens (including phenoxy) is 1. The number of hydrogen-bond donors (Lipinski definition) is 2. The van der Waals surface area contributed by atoms with E-state index in [0.717, 1.165) is 35.5 Å². The first-order valence-corrected chi connectivity index (χ1v) is 11.5. The molecule has 2 N–H and O–H groups in total. The fourth-order valence-corrected chi connectivity index (χ4v) is 3.57. The Balaban J connectivity index is 1.51. The predicted molar refractivity (Wildman–Crippen MR) is 132 cm³/mol. The molecule has 0 fully saturated rings. The standard InChI is InChI=1S/C26H18ClF5N4O2/c1-14-2-3-15(12-27)10-22(14)34-24(37)17-6-9-21(19(28)11-17)35-25-33-13-20(29)23(36-25)16-4-7-18(8-5-16)38-26(30,31)32/h2-11,13H,12H2,1H3,(H,34,37)(H,33,35,36). The number of nitrogens with one attached hydrogen (secondary N) is 2. The Morgan fingerprint density at radius 2 is 1.71 bits per heavy atom. The average molecular weight is 549 g/mol. The van der Waals surface area contributed by atoms with Crippen LogP contribution in [-0.4, -0.2) is 22.2 Å². The fraction of sp³-hybridized carbons (Fsp3) is 0.115. The highest BCUT2D eigenvalue weighted by molar-refractivity contribution is 6.17. The van der Waals surface area contributed by atoms with Gasteiger partial charge >= 0.3 is 6.36 Å². The third-order valence-corrected chi connectivity index (χ3v) is 5.60. The number of alkyl halides is 4. The van der Waals surface area contributed by atoms with Gasteiger partial charge in [-0.2, -0.15) is 0 Å². The Morgan fingerprint density at radius 1 is 0.974 bits per heavy atom. The SMILES string of the molecule is Cc1ccc(CCl)cc1NC(=O)c1ccc(Nc2ncc(F)c(-c3ccc(OC(F)(F)F)cc3)n2)c(F)c1. The van der Waals surface area contributed by atoms with Crippen LogP contribution in [0.15, 0.2) is 66.9 Å². The zero-order chi connectivity index (χ0) is 27.4. The van der Waals surface area contributed by atoms with Crippen molar-refractivity contribution in [2.24, 2.45) is 0 Å². The molecule has 12 heteroatoms. The van der Waals surface area contributed by atoms with Crippen molar-refractivity contribution >= 4 is 34.8 Å². The van der Waals surface area contributed by atoms with Gasteiger partial charge in [0.15, 0.2) is 5.82 Å². The third kappa shape index (κ3) is 6.54. The molecule has 38 heavy (non-hydrogen) atoms. The molecule has 0 bridgehead atoms. The van der Waals surface area contributed by atoms with Crippen molar-refractivity contribution in [2.45, 2.75) is 19.2 Å². The van der Waals surface area contributed by atoms with Gasteiger partial charge in [-0.15, -0.1) is 24.8 Å². The summed E-state index contributed by atoms with van der Waals surface area (Å²) in [6.07, 6.45) is -4.03. The minimum Gasteiger partial charge on any atom is -0.406 e. The van der Waals surface area contributed by atoms with Crippen LogP contribution in [0.2, 0.25) is 0 Å². The Labute approximate surface area is 218 Å². The van der Waals surface area contributed by atoms with Crippen molar-refractivity contribution in [3.8, 4) is 17.0 Å². The summed E-state index contributed by atoms with van der Waals surface area (Å²) in [6.45, 7) is 1.81. The Morgan fingerprint density at radius 3 is 2.37 bits per heavy atom. The summed E-state index contributed by atoms with van der Waals surface area (Å²) in [5.74, 6) is -2.58. The molecule has 0 saturated heterocycles. The van der Waals surface area contributed by atoms with Crippen LogP contribution < -0.4 is 15.4 Å². The number of halogens is 6. The number of aryl methyl sites for hydroxylation is 1. The molecule has 4 aromatic rings. The second kappa shape index (κ2) is 11.0. The van der Waals surface area contributed by atoms with Crippen molar-refractivity contribution in [3.05, 3.63) is 95.2 Å². The van der Waals surface area contributed by atoms with Crippen LogP contribution in [0.3, 0.4) is 0 Å². The number of amides is 1. The molecule has 3 aromatic carbocycles. The van der Waals surface area contributed by atoms with Gasteiger partial charge in [-0.25, -0.2) is 18.7 Å². The number of rotatable bonds is 7. The van der Waals surface area contributed by atoms with Crippen LogP contribution in [0.1, 0.15) is 21.5 Å². The smallest absolute Gasteiger partial charge is 0.406 e. The molecular weight excluding hydrogens is 531 g/mol. The number of aromatic nitrogens is 2. The van der Waals surface area contributed by atoms with Crippen molar-refractivity contribution < 1.29 is 31.5 Å². The highest BCUT2D eigenvalue weighted by atomic mass is 35.5. The van der Waals surface area contributed by atoms with E-state index in [0.29, 0.717) is 5.69 Å². The molecular formula is C26H18ClF5N4O2. The summed E-state index contributed by atoms with van der Waals surface area (Å²) in [5.41, 5.74) is 2.02. The summed E-state index contributed by atoms with van der Waals surface area (Å²) in [5, 5.41) is 5.33. The molecule has 196 valence electrons. The molecule has 0 saturated carbocycles. The molecule has 1 aromatic heterocycles. The Hall–Kier alpha value is -4.25. The minimum atomic E-state index is -4.87. The van der Waals surface area contributed by atoms with Gasteiger partial charge < -0.3 is 15.4 Å². The Kier molecular flexibility index (Phi) is 7.77. The van der Waals surface area contributed by atoms with E-state index in [4.69, 9.17) is 11.6 Å². The maximum atomic E-state index is 14.8. The molecule has 0 atom stereocenters. The quantitative estimate of drug-likeness (QED) is 0.186. The van der Waals surface area contributed by atoms with Gasteiger partial charge in [-0.05, 0) is 66.6 Å². The molecule has 4 rings (SSSR count). The molecule has 0 radical (unpaired) electrons. The molecule has 0 unspecified atom stereocenters. The first kappa shape index (κ1) is 26.8. The highest BCUT2D eigenvalue weighted by Crippen LogP contribution is 2.28. The van der Waals surface area contributed by atoms with Gasteiger partial charge in [0.1, 0.15) is 17.3 Å². The van der Waals surface area contributed by atoms with Gasteiger partial charge in [0.05, 0.1) is 11.9 Å². The van der Waals surface area contributed by atoms with Gasteiger partial charge in [0, 0.05) is 22.7 Å². The molecule has 1 amide bonds. The topological polar surface area (TPSA) is 76.1 Å². The fourth-order valence-electron chi connectivity index (χ4n) is 3.40. The summed E-state index contributed by atoms with van der Waals surface area (Å²) >= 11 is 5.85. The molecule has 6 nitrogen and oxygen atoms in total. The number of hydrogen-bond acceptors (Lipinski definition) is 5. The lowest BCUT2D eigenvalue weighted by Gasteiger charge is -2.12. The summed E-state index contributed by atoms with van der Waals surface area (Å²) in [4.78, 5) is 20.4. The van der Waals surface area contributed by atoms with Crippen molar-refractivity contribution in [1.29, 1.82) is 0 Å².